The van der Waals surface area contributed by atoms with Crippen molar-refractivity contribution >= 4 is 16.7 Å². The predicted octanol–water partition coefficient (Wildman–Crippen LogP) is 3.79. The van der Waals surface area contributed by atoms with Gasteiger partial charge in [0.1, 0.15) is 18.5 Å². The molecule has 1 aromatic heterocycles. The third-order valence-corrected chi connectivity index (χ3v) is 5.94. The maximum absolute atomic E-state index is 12.8. The molecule has 0 aliphatic carbocycles. The van der Waals surface area contributed by atoms with Crippen LogP contribution in [-0.2, 0) is 6.18 Å². The number of hydrogen-bond donors (Lipinski definition) is 1. The molecule has 0 bridgehead atoms. The molecule has 1 N–H and O–H groups in total. The molecule has 10 heteroatoms. The molecule has 0 amide bonds. The second-order valence-electron chi connectivity index (χ2n) is 7.54. The first kappa shape index (κ1) is 22.5. The van der Waals surface area contributed by atoms with E-state index in [4.69, 9.17) is 4.74 Å². The molecule has 1 unspecified atom stereocenters. The minimum absolute atomic E-state index is 0.0711. The number of anilines is 1. The van der Waals surface area contributed by atoms with Crippen LogP contribution in [0.25, 0.3) is 11.4 Å². The fourth-order valence-electron chi connectivity index (χ4n) is 3.48. The number of aromatic nitrogens is 2. The second kappa shape index (κ2) is 9.85. The van der Waals surface area contributed by atoms with Gasteiger partial charge < -0.3 is 14.7 Å². The van der Waals surface area contributed by atoms with Gasteiger partial charge >= 0.3 is 6.18 Å². The number of β-amino-alcohol motifs (C(OH)–C–C–N with tert-alkyl or cyclic N) is 1. The highest BCUT2D eigenvalue weighted by Gasteiger charge is 2.30. The summed E-state index contributed by atoms with van der Waals surface area (Å²) in [6.45, 7) is 3.30. The Morgan fingerprint density at radius 3 is 2.50 bits per heavy atom. The average molecular weight is 465 g/mol. The number of nitrogens with zero attached hydrogens (tertiary/aromatic N) is 4. The molecule has 170 valence electrons. The molecule has 1 fully saturated rings. The number of rotatable bonds is 7. The Morgan fingerprint density at radius 2 is 1.78 bits per heavy atom. The van der Waals surface area contributed by atoms with Gasteiger partial charge in [0.2, 0.25) is 5.13 Å². The summed E-state index contributed by atoms with van der Waals surface area (Å²) >= 11 is 1.37. The standard InChI is InChI=1S/C22H23F3N4O2S/c23-22(24,25)17-7-4-8-19(13-17)31-15-18(30)14-28-9-11-29(12-10-28)21-26-20(27-32-21)16-5-2-1-3-6-16/h1-8,13,18,30H,9-12,14-15H2. The van der Waals surface area contributed by atoms with Gasteiger partial charge in [-0.15, -0.1) is 0 Å². The van der Waals surface area contributed by atoms with Crippen molar-refractivity contribution in [2.45, 2.75) is 12.3 Å². The molecule has 1 atom stereocenters. The molecule has 3 aromatic rings. The average Bonchev–Trinajstić information content (AvgIpc) is 3.29. The van der Waals surface area contributed by atoms with Crippen molar-refractivity contribution < 1.29 is 23.0 Å². The van der Waals surface area contributed by atoms with E-state index in [1.165, 1.54) is 23.7 Å². The van der Waals surface area contributed by atoms with Crippen molar-refractivity contribution in [2.75, 3.05) is 44.2 Å². The van der Waals surface area contributed by atoms with Crippen LogP contribution in [0, 0.1) is 0 Å². The summed E-state index contributed by atoms with van der Waals surface area (Å²) in [5, 5.41) is 11.2. The van der Waals surface area contributed by atoms with Crippen molar-refractivity contribution in [1.82, 2.24) is 14.3 Å². The highest BCUT2D eigenvalue weighted by molar-refractivity contribution is 7.09. The number of aliphatic hydroxyl groups is 1. The number of ether oxygens (including phenoxy) is 1. The molecule has 0 radical (unpaired) electrons. The zero-order valence-electron chi connectivity index (χ0n) is 17.2. The van der Waals surface area contributed by atoms with Crippen molar-refractivity contribution in [3.8, 4) is 17.1 Å². The van der Waals surface area contributed by atoms with Gasteiger partial charge in [0.05, 0.1) is 5.56 Å². The highest BCUT2D eigenvalue weighted by atomic mass is 32.1. The highest BCUT2D eigenvalue weighted by Crippen LogP contribution is 2.31. The fraction of sp³-hybridized carbons (Fsp3) is 0.364. The number of alkyl halides is 3. The van der Waals surface area contributed by atoms with Crippen LogP contribution in [0.1, 0.15) is 5.56 Å². The van der Waals surface area contributed by atoms with Crippen molar-refractivity contribution in [1.29, 1.82) is 0 Å². The molecule has 1 aliphatic rings. The molecule has 0 spiro atoms. The van der Waals surface area contributed by atoms with Crippen LogP contribution in [0.15, 0.2) is 54.6 Å². The first-order valence-corrected chi connectivity index (χ1v) is 11.0. The fourth-order valence-corrected chi connectivity index (χ4v) is 4.22. The first-order valence-electron chi connectivity index (χ1n) is 10.2. The van der Waals surface area contributed by atoms with Crippen LogP contribution in [0.4, 0.5) is 18.3 Å². The Balaban J connectivity index is 1.23. The summed E-state index contributed by atoms with van der Waals surface area (Å²) in [7, 11) is 0. The van der Waals surface area contributed by atoms with Gasteiger partial charge in [0.25, 0.3) is 0 Å². The molecule has 32 heavy (non-hydrogen) atoms. The Kier molecular flexibility index (Phi) is 6.92. The van der Waals surface area contributed by atoms with Gasteiger partial charge in [0, 0.05) is 49.8 Å². The van der Waals surface area contributed by atoms with E-state index in [1.54, 1.807) is 0 Å². The van der Waals surface area contributed by atoms with Crippen LogP contribution in [0.2, 0.25) is 0 Å². The van der Waals surface area contributed by atoms with Crippen LogP contribution < -0.4 is 9.64 Å². The number of piperazine rings is 1. The zero-order valence-corrected chi connectivity index (χ0v) is 18.0. The van der Waals surface area contributed by atoms with Crippen molar-refractivity contribution in [3.05, 3.63) is 60.2 Å². The van der Waals surface area contributed by atoms with Gasteiger partial charge in [0.15, 0.2) is 5.82 Å². The Bertz CT molecular complexity index is 1010. The summed E-state index contributed by atoms with van der Waals surface area (Å²) in [5.74, 6) is 0.810. The van der Waals surface area contributed by atoms with Crippen LogP contribution in [-0.4, -0.2) is 64.8 Å². The smallest absolute Gasteiger partial charge is 0.416 e. The van der Waals surface area contributed by atoms with E-state index in [2.05, 4.69) is 19.2 Å². The molecule has 1 aliphatic heterocycles. The number of halogens is 3. The van der Waals surface area contributed by atoms with Crippen LogP contribution >= 0.6 is 11.5 Å². The van der Waals surface area contributed by atoms with E-state index < -0.39 is 17.8 Å². The van der Waals surface area contributed by atoms with E-state index in [-0.39, 0.29) is 12.4 Å². The van der Waals surface area contributed by atoms with Gasteiger partial charge in [-0.2, -0.15) is 22.5 Å². The van der Waals surface area contributed by atoms with E-state index in [0.29, 0.717) is 6.54 Å². The lowest BCUT2D eigenvalue weighted by Crippen LogP contribution is -2.49. The maximum atomic E-state index is 12.8. The molecule has 6 nitrogen and oxygen atoms in total. The minimum atomic E-state index is -4.42. The molecule has 0 saturated carbocycles. The van der Waals surface area contributed by atoms with Crippen molar-refractivity contribution in [3.63, 3.8) is 0 Å². The van der Waals surface area contributed by atoms with Crippen LogP contribution in [0.3, 0.4) is 0 Å². The molecular weight excluding hydrogens is 441 g/mol. The number of benzene rings is 2. The SMILES string of the molecule is OC(COc1cccc(C(F)(F)F)c1)CN1CCN(c2nc(-c3ccccc3)ns2)CC1. The third kappa shape index (κ3) is 5.76. The Hall–Kier alpha value is -2.69. The largest absolute Gasteiger partial charge is 0.491 e. The zero-order chi connectivity index (χ0) is 22.6. The molecular formula is C22H23F3N4O2S. The second-order valence-corrected chi connectivity index (χ2v) is 8.27. The first-order chi connectivity index (χ1) is 15.4. The van der Waals surface area contributed by atoms with Crippen molar-refractivity contribution in [2.24, 2.45) is 0 Å². The normalized spacial score (nSPS) is 16.2. The Labute approximate surface area is 188 Å². The van der Waals surface area contributed by atoms with E-state index in [0.717, 1.165) is 54.8 Å². The van der Waals surface area contributed by atoms with Gasteiger partial charge in [-0.05, 0) is 18.2 Å². The number of aliphatic hydroxyl groups excluding tert-OH is 1. The monoisotopic (exact) mass is 464 g/mol. The minimum Gasteiger partial charge on any atom is -0.491 e. The summed E-state index contributed by atoms with van der Waals surface area (Å²) in [6, 6.07) is 14.5. The maximum Gasteiger partial charge on any atom is 0.416 e. The van der Waals surface area contributed by atoms with E-state index >= 15 is 0 Å². The third-order valence-electron chi connectivity index (χ3n) is 5.16. The molecule has 2 aromatic carbocycles. The van der Waals surface area contributed by atoms with E-state index in [1.807, 2.05) is 30.3 Å². The summed E-state index contributed by atoms with van der Waals surface area (Å²) < 4.78 is 48.2. The molecule has 2 heterocycles. The lowest BCUT2D eigenvalue weighted by molar-refractivity contribution is -0.137. The quantitative estimate of drug-likeness (QED) is 0.574. The summed E-state index contributed by atoms with van der Waals surface area (Å²) in [5.41, 5.74) is 0.213. The topological polar surface area (TPSA) is 61.7 Å². The van der Waals surface area contributed by atoms with Gasteiger partial charge in [-0.3, -0.25) is 4.90 Å². The summed E-state index contributed by atoms with van der Waals surface area (Å²) in [6.07, 6.45) is -5.23. The molecule has 1 saturated heterocycles. The summed E-state index contributed by atoms with van der Waals surface area (Å²) in [4.78, 5) is 8.92. The number of hydrogen-bond acceptors (Lipinski definition) is 7. The molecule has 4 rings (SSSR count). The predicted molar refractivity (Wildman–Crippen MR) is 117 cm³/mol. The van der Waals surface area contributed by atoms with Crippen LogP contribution in [0.5, 0.6) is 5.75 Å². The van der Waals surface area contributed by atoms with E-state index in [9.17, 15) is 18.3 Å². The van der Waals surface area contributed by atoms with Gasteiger partial charge in [-0.1, -0.05) is 36.4 Å². The lowest BCUT2D eigenvalue weighted by atomic mass is 10.2. The van der Waals surface area contributed by atoms with Gasteiger partial charge in [-0.25, -0.2) is 0 Å². The lowest BCUT2D eigenvalue weighted by Gasteiger charge is -2.35. The Morgan fingerprint density at radius 1 is 1.03 bits per heavy atom.